The summed E-state index contributed by atoms with van der Waals surface area (Å²) in [6, 6.07) is 28.6. The molecule has 1 amide bonds. The van der Waals surface area contributed by atoms with Crippen molar-refractivity contribution in [2.45, 2.75) is 6.54 Å². The summed E-state index contributed by atoms with van der Waals surface area (Å²) >= 11 is 6.30. The molecule has 40 heavy (non-hydrogen) atoms. The summed E-state index contributed by atoms with van der Waals surface area (Å²) in [4.78, 5) is 25.3. The molecule has 0 bridgehead atoms. The van der Waals surface area contributed by atoms with Crippen LogP contribution in [0.4, 0.5) is 11.4 Å². The van der Waals surface area contributed by atoms with E-state index >= 15 is 0 Å². The molecule has 8 heteroatoms. The molecular weight excluding hydrogens is 522 g/mol. The predicted molar refractivity (Wildman–Crippen MR) is 160 cm³/mol. The van der Waals surface area contributed by atoms with E-state index in [1.54, 1.807) is 12.1 Å². The van der Waals surface area contributed by atoms with Crippen LogP contribution in [0, 0.1) is 0 Å². The van der Waals surface area contributed by atoms with Gasteiger partial charge in [0.2, 0.25) is 0 Å². The number of nitrogen functional groups attached to an aromatic ring is 1. The summed E-state index contributed by atoms with van der Waals surface area (Å²) in [7, 11) is 0. The Bertz CT molecular complexity index is 1690. The molecule has 3 N–H and O–H groups in total. The molecule has 4 aromatic carbocycles. The first-order chi connectivity index (χ1) is 19.5. The predicted octanol–water partition coefficient (Wildman–Crippen LogP) is 6.28. The van der Waals surface area contributed by atoms with Crippen LogP contribution < -0.4 is 11.1 Å². The van der Waals surface area contributed by atoms with Crippen molar-refractivity contribution in [3.63, 3.8) is 0 Å². The Morgan fingerprint density at radius 2 is 1.68 bits per heavy atom. The fourth-order valence-electron chi connectivity index (χ4n) is 4.92. The van der Waals surface area contributed by atoms with E-state index in [0.29, 0.717) is 22.1 Å². The zero-order valence-electron chi connectivity index (χ0n) is 21.8. The van der Waals surface area contributed by atoms with Gasteiger partial charge in [0.05, 0.1) is 30.0 Å². The van der Waals surface area contributed by atoms with Crippen LogP contribution in [0.25, 0.3) is 33.5 Å². The van der Waals surface area contributed by atoms with Gasteiger partial charge in [0, 0.05) is 52.5 Å². The molecule has 0 atom stereocenters. The van der Waals surface area contributed by atoms with E-state index in [1.807, 2.05) is 78.9 Å². The average molecular weight is 550 g/mol. The number of nitrogens with zero attached hydrogens (tertiary/aromatic N) is 3. The summed E-state index contributed by atoms with van der Waals surface area (Å²) in [6.07, 6.45) is 0. The first-order valence-electron chi connectivity index (χ1n) is 13.2. The van der Waals surface area contributed by atoms with Gasteiger partial charge in [0.25, 0.3) is 5.91 Å². The highest BCUT2D eigenvalue weighted by atomic mass is 35.5. The second-order valence-electron chi connectivity index (χ2n) is 9.73. The summed E-state index contributed by atoms with van der Waals surface area (Å²) in [5.74, 6) is 0.251. The highest BCUT2D eigenvalue weighted by molar-refractivity contribution is 6.31. The Hall–Kier alpha value is -4.30. The normalized spacial score (nSPS) is 13.8. The highest BCUT2D eigenvalue weighted by Crippen LogP contribution is 2.32. The number of aromatic nitrogens is 2. The molecule has 7 nitrogen and oxygen atoms in total. The topological polar surface area (TPSA) is 93.4 Å². The van der Waals surface area contributed by atoms with Gasteiger partial charge < -0.3 is 15.8 Å². The van der Waals surface area contributed by atoms with Crippen LogP contribution in [0.15, 0.2) is 91.0 Å². The fraction of sp³-hybridized carbons (Fsp3) is 0.156. The number of halogens is 1. The molecule has 0 aliphatic carbocycles. The number of para-hydroxylation sites is 1. The van der Waals surface area contributed by atoms with Gasteiger partial charge >= 0.3 is 0 Å². The Labute approximate surface area is 237 Å². The van der Waals surface area contributed by atoms with Crippen molar-refractivity contribution >= 4 is 39.8 Å². The first kappa shape index (κ1) is 26.0. The summed E-state index contributed by atoms with van der Waals surface area (Å²) in [5, 5.41) is 4.54. The minimum absolute atomic E-state index is 0.266. The van der Waals surface area contributed by atoms with Gasteiger partial charge in [-0.05, 0) is 42.0 Å². The summed E-state index contributed by atoms with van der Waals surface area (Å²) < 4.78 is 5.46. The molecule has 1 aliphatic heterocycles. The van der Waals surface area contributed by atoms with Crippen LogP contribution in [-0.4, -0.2) is 47.1 Å². The van der Waals surface area contributed by atoms with E-state index in [2.05, 4.69) is 10.2 Å². The lowest BCUT2D eigenvalue weighted by atomic mass is 10.0. The van der Waals surface area contributed by atoms with Crippen molar-refractivity contribution in [3.8, 4) is 22.6 Å². The molecule has 2 heterocycles. The van der Waals surface area contributed by atoms with E-state index in [1.165, 1.54) is 0 Å². The van der Waals surface area contributed by atoms with Crippen LogP contribution in [0.2, 0.25) is 5.02 Å². The number of ether oxygens (including phenoxy) is 1. The van der Waals surface area contributed by atoms with E-state index in [-0.39, 0.29) is 5.91 Å². The highest BCUT2D eigenvalue weighted by Gasteiger charge is 2.17. The number of fused-ring (bicyclic) bond motifs is 1. The number of benzene rings is 4. The quantitative estimate of drug-likeness (QED) is 0.242. The summed E-state index contributed by atoms with van der Waals surface area (Å²) in [5.41, 5.74) is 12.2. The SMILES string of the molecule is Nc1cc(-c2nc(-c3ccccc3)c3cc(Cl)ccc3n2)ccc1C(=O)Nc1ccccc1CN1CCOCC1. The number of rotatable bonds is 6. The maximum absolute atomic E-state index is 13.3. The van der Waals surface area contributed by atoms with Crippen molar-refractivity contribution in [1.29, 1.82) is 0 Å². The van der Waals surface area contributed by atoms with E-state index in [0.717, 1.165) is 71.8 Å². The number of nitrogens with one attached hydrogen (secondary N) is 1. The molecule has 5 aromatic rings. The molecule has 1 aliphatic rings. The van der Waals surface area contributed by atoms with Gasteiger partial charge in [-0.25, -0.2) is 9.97 Å². The van der Waals surface area contributed by atoms with Crippen LogP contribution in [0.1, 0.15) is 15.9 Å². The Morgan fingerprint density at radius 1 is 0.900 bits per heavy atom. The largest absolute Gasteiger partial charge is 0.398 e. The lowest BCUT2D eigenvalue weighted by Gasteiger charge is -2.27. The molecule has 0 radical (unpaired) electrons. The zero-order valence-corrected chi connectivity index (χ0v) is 22.6. The van der Waals surface area contributed by atoms with E-state index in [9.17, 15) is 4.79 Å². The van der Waals surface area contributed by atoms with Crippen molar-refractivity contribution in [2.75, 3.05) is 37.4 Å². The van der Waals surface area contributed by atoms with E-state index in [4.69, 9.17) is 32.0 Å². The van der Waals surface area contributed by atoms with Gasteiger partial charge in [0.1, 0.15) is 0 Å². The molecule has 200 valence electrons. The third-order valence-electron chi connectivity index (χ3n) is 7.02. The molecule has 1 saturated heterocycles. The zero-order chi connectivity index (χ0) is 27.5. The third-order valence-corrected chi connectivity index (χ3v) is 7.26. The molecular formula is C32H28ClN5O2. The number of nitrogens with two attached hydrogens (primary N) is 1. The number of carbonyl (C=O) groups is 1. The monoisotopic (exact) mass is 549 g/mol. The molecule has 1 aromatic heterocycles. The van der Waals surface area contributed by atoms with Crippen molar-refractivity contribution in [3.05, 3.63) is 107 Å². The van der Waals surface area contributed by atoms with Crippen LogP contribution >= 0.6 is 11.6 Å². The van der Waals surface area contributed by atoms with Crippen LogP contribution in [-0.2, 0) is 11.3 Å². The van der Waals surface area contributed by atoms with Gasteiger partial charge in [-0.15, -0.1) is 0 Å². The maximum atomic E-state index is 13.3. The van der Waals surface area contributed by atoms with Crippen molar-refractivity contribution in [2.24, 2.45) is 0 Å². The average Bonchev–Trinajstić information content (AvgIpc) is 2.98. The number of carbonyl (C=O) groups excluding carboxylic acids is 1. The number of amides is 1. The van der Waals surface area contributed by atoms with Crippen molar-refractivity contribution in [1.82, 2.24) is 14.9 Å². The van der Waals surface area contributed by atoms with Crippen LogP contribution in [0.5, 0.6) is 0 Å². The molecule has 0 unspecified atom stereocenters. The lowest BCUT2D eigenvalue weighted by Crippen LogP contribution is -2.35. The first-order valence-corrected chi connectivity index (χ1v) is 13.5. The molecule has 0 spiro atoms. The van der Waals surface area contributed by atoms with Crippen LogP contribution in [0.3, 0.4) is 0 Å². The van der Waals surface area contributed by atoms with E-state index < -0.39 is 0 Å². The minimum Gasteiger partial charge on any atom is -0.398 e. The number of hydrogen-bond acceptors (Lipinski definition) is 6. The second kappa shape index (κ2) is 11.4. The minimum atomic E-state index is -0.266. The lowest BCUT2D eigenvalue weighted by molar-refractivity contribution is 0.0342. The number of morpholine rings is 1. The summed E-state index contributed by atoms with van der Waals surface area (Å²) in [6.45, 7) is 3.92. The maximum Gasteiger partial charge on any atom is 0.257 e. The van der Waals surface area contributed by atoms with Gasteiger partial charge in [-0.3, -0.25) is 9.69 Å². The smallest absolute Gasteiger partial charge is 0.257 e. The molecule has 6 rings (SSSR count). The van der Waals surface area contributed by atoms with Gasteiger partial charge in [-0.2, -0.15) is 0 Å². The Balaban J connectivity index is 1.29. The van der Waals surface area contributed by atoms with Crippen molar-refractivity contribution < 1.29 is 9.53 Å². The standard InChI is InChI=1S/C32H28ClN5O2/c33-24-11-13-29-26(19-24)30(21-6-2-1-3-7-21)37-31(35-29)22-10-12-25(27(34)18-22)32(39)36-28-9-5-4-8-23(28)20-38-14-16-40-17-15-38/h1-13,18-19H,14-17,20,34H2,(H,36,39). The molecule has 0 saturated carbocycles. The third kappa shape index (κ3) is 5.53. The number of anilines is 2. The second-order valence-corrected chi connectivity index (χ2v) is 10.2. The van der Waals surface area contributed by atoms with Gasteiger partial charge in [0.15, 0.2) is 5.82 Å². The fourth-order valence-corrected chi connectivity index (χ4v) is 5.10. The Kier molecular flexibility index (Phi) is 7.42. The number of hydrogen-bond donors (Lipinski definition) is 2. The molecule has 1 fully saturated rings. The van der Waals surface area contributed by atoms with Gasteiger partial charge in [-0.1, -0.05) is 66.2 Å². The Morgan fingerprint density at radius 3 is 2.48 bits per heavy atom.